The predicted octanol–water partition coefficient (Wildman–Crippen LogP) is 2.64. The zero-order valence-corrected chi connectivity index (χ0v) is 25.7. The predicted molar refractivity (Wildman–Crippen MR) is 170 cm³/mol. The number of hydrogen-bond acceptors (Lipinski definition) is 12. The number of benzene rings is 2. The number of rotatable bonds is 16. The fourth-order valence-corrected chi connectivity index (χ4v) is 5.37. The average molecular weight is 674 g/mol. The minimum absolute atomic E-state index is 0.1000. The number of carbonyl (C=O) groups excluding carboxylic acids is 1. The van der Waals surface area contributed by atoms with Gasteiger partial charge in [-0.1, -0.05) is 18.3 Å². The Kier molecular flexibility index (Phi) is 10.7. The number of hydrogen-bond donors (Lipinski definition) is 5. The van der Waals surface area contributed by atoms with Gasteiger partial charge in [-0.25, -0.2) is 0 Å². The molecular formula is C29H27N3O12S2. The van der Waals surface area contributed by atoms with Crippen LogP contribution in [0.3, 0.4) is 0 Å². The van der Waals surface area contributed by atoms with Gasteiger partial charge < -0.3 is 49.4 Å². The van der Waals surface area contributed by atoms with Crippen LogP contribution in [0.1, 0.15) is 11.3 Å². The van der Waals surface area contributed by atoms with Gasteiger partial charge in [0, 0.05) is 17.5 Å². The van der Waals surface area contributed by atoms with Crippen molar-refractivity contribution >= 4 is 85.7 Å². The molecule has 17 heteroatoms. The molecule has 3 aromatic rings. The quantitative estimate of drug-likeness (QED) is 0.0839. The third-order valence-corrected chi connectivity index (χ3v) is 7.29. The molecule has 15 nitrogen and oxygen atoms in total. The van der Waals surface area contributed by atoms with E-state index in [1.54, 1.807) is 31.2 Å². The van der Waals surface area contributed by atoms with Crippen LogP contribution in [-0.2, 0) is 24.0 Å². The SMILES string of the molecule is Cc1ccc(N(CC(=O)O)CC(=O)O)c(OCCOc2cc3cc(C=C4NC(=S)SC4=O)oc3cc2N(CC(=O)O)CC(=O)O)c1. The van der Waals surface area contributed by atoms with E-state index in [0.717, 1.165) is 27.1 Å². The first-order valence-corrected chi connectivity index (χ1v) is 14.6. The lowest BCUT2D eigenvalue weighted by atomic mass is 10.2. The monoisotopic (exact) mass is 673 g/mol. The summed E-state index contributed by atoms with van der Waals surface area (Å²) >= 11 is 5.87. The van der Waals surface area contributed by atoms with E-state index in [9.17, 15) is 44.4 Å². The molecule has 242 valence electrons. The zero-order valence-electron chi connectivity index (χ0n) is 24.0. The van der Waals surface area contributed by atoms with Gasteiger partial charge in [-0.2, -0.15) is 0 Å². The van der Waals surface area contributed by atoms with Crippen molar-refractivity contribution in [3.63, 3.8) is 0 Å². The Hall–Kier alpha value is -5.29. The topological polar surface area (TPSA) is 216 Å². The Labute approximate surface area is 270 Å². The van der Waals surface area contributed by atoms with E-state index < -0.39 is 50.1 Å². The molecule has 0 spiro atoms. The van der Waals surface area contributed by atoms with Crippen LogP contribution in [-0.4, -0.2) is 93.1 Å². The highest BCUT2D eigenvalue weighted by molar-refractivity contribution is 8.33. The van der Waals surface area contributed by atoms with Crippen molar-refractivity contribution in [2.24, 2.45) is 0 Å². The molecule has 0 bridgehead atoms. The van der Waals surface area contributed by atoms with E-state index in [1.165, 1.54) is 18.2 Å². The van der Waals surface area contributed by atoms with E-state index in [0.29, 0.717) is 9.71 Å². The molecule has 5 N–H and O–H groups in total. The third-order valence-electron chi connectivity index (χ3n) is 6.25. The van der Waals surface area contributed by atoms with Gasteiger partial charge in [-0.05, 0) is 48.5 Å². The summed E-state index contributed by atoms with van der Waals surface area (Å²) in [6, 6.07) is 9.39. The average Bonchev–Trinajstić information content (AvgIpc) is 3.48. The fourth-order valence-electron chi connectivity index (χ4n) is 4.48. The second-order valence-electron chi connectivity index (χ2n) is 9.82. The molecule has 0 unspecified atom stereocenters. The molecule has 1 aromatic heterocycles. The van der Waals surface area contributed by atoms with Crippen LogP contribution in [0.5, 0.6) is 11.5 Å². The van der Waals surface area contributed by atoms with Gasteiger partial charge in [0.05, 0.1) is 17.1 Å². The molecule has 0 radical (unpaired) electrons. The number of thioether (sulfide) groups is 1. The summed E-state index contributed by atoms with van der Waals surface area (Å²) in [6.07, 6.45) is 1.45. The largest absolute Gasteiger partial charge is 0.488 e. The number of carboxylic acids is 4. The summed E-state index contributed by atoms with van der Waals surface area (Å²) in [5.41, 5.74) is 1.57. The number of nitrogens with zero attached hydrogens (tertiary/aromatic N) is 2. The van der Waals surface area contributed by atoms with Crippen molar-refractivity contribution in [2.45, 2.75) is 6.92 Å². The minimum atomic E-state index is -1.29. The first kappa shape index (κ1) is 33.6. The fraction of sp³-hybridized carbons (Fsp3) is 0.241. The van der Waals surface area contributed by atoms with E-state index in [-0.39, 0.29) is 58.2 Å². The summed E-state index contributed by atoms with van der Waals surface area (Å²) in [7, 11) is 0. The second kappa shape index (κ2) is 14.7. The number of aryl methyl sites for hydroxylation is 1. The summed E-state index contributed by atoms with van der Waals surface area (Å²) < 4.78 is 17.9. The highest BCUT2D eigenvalue weighted by Crippen LogP contribution is 2.36. The van der Waals surface area contributed by atoms with Crippen LogP contribution in [0, 0.1) is 6.92 Å². The van der Waals surface area contributed by atoms with Crippen molar-refractivity contribution in [1.29, 1.82) is 0 Å². The van der Waals surface area contributed by atoms with Gasteiger partial charge in [0.2, 0.25) is 5.12 Å². The summed E-state index contributed by atoms with van der Waals surface area (Å²) in [4.78, 5) is 60.3. The summed E-state index contributed by atoms with van der Waals surface area (Å²) in [5, 5.41) is 40.5. The van der Waals surface area contributed by atoms with Crippen molar-refractivity contribution in [1.82, 2.24) is 5.32 Å². The van der Waals surface area contributed by atoms with Gasteiger partial charge in [0.25, 0.3) is 0 Å². The summed E-state index contributed by atoms with van der Waals surface area (Å²) in [6.45, 7) is -1.02. The van der Waals surface area contributed by atoms with Gasteiger partial charge in [0.1, 0.15) is 66.6 Å². The molecule has 0 amide bonds. The maximum absolute atomic E-state index is 12.1. The zero-order chi connectivity index (χ0) is 33.5. The van der Waals surface area contributed by atoms with E-state index in [4.69, 9.17) is 26.1 Å². The summed E-state index contributed by atoms with van der Waals surface area (Å²) in [5.74, 6) is -4.48. The van der Waals surface area contributed by atoms with Crippen molar-refractivity contribution in [3.8, 4) is 11.5 Å². The number of aliphatic carboxylic acids is 4. The molecule has 46 heavy (non-hydrogen) atoms. The second-order valence-corrected chi connectivity index (χ2v) is 11.5. The molecular weight excluding hydrogens is 646 g/mol. The van der Waals surface area contributed by atoms with Crippen molar-refractivity contribution < 1.29 is 58.3 Å². The minimum Gasteiger partial charge on any atom is -0.488 e. The molecule has 1 aliphatic rings. The van der Waals surface area contributed by atoms with Crippen molar-refractivity contribution in [3.05, 3.63) is 53.4 Å². The normalized spacial score (nSPS) is 13.5. The van der Waals surface area contributed by atoms with Gasteiger partial charge >= 0.3 is 23.9 Å². The van der Waals surface area contributed by atoms with Gasteiger partial charge in [0.15, 0.2) is 0 Å². The third kappa shape index (κ3) is 8.89. The Bertz CT molecular complexity index is 1720. The molecule has 1 aliphatic heterocycles. The Balaban J connectivity index is 1.62. The van der Waals surface area contributed by atoms with Crippen LogP contribution >= 0.6 is 24.0 Å². The molecule has 0 atom stereocenters. The molecule has 2 aromatic carbocycles. The van der Waals surface area contributed by atoms with E-state index in [2.05, 4.69) is 5.32 Å². The van der Waals surface area contributed by atoms with Crippen molar-refractivity contribution in [2.75, 3.05) is 49.2 Å². The van der Waals surface area contributed by atoms with Crippen LogP contribution < -0.4 is 24.6 Å². The number of nitrogens with one attached hydrogen (secondary N) is 1. The lowest BCUT2D eigenvalue weighted by Gasteiger charge is -2.25. The Morgan fingerprint density at radius 2 is 1.39 bits per heavy atom. The molecule has 1 saturated heterocycles. The highest BCUT2D eigenvalue weighted by atomic mass is 32.2. The number of ether oxygens (including phenoxy) is 2. The first-order chi connectivity index (χ1) is 21.8. The van der Waals surface area contributed by atoms with Crippen LogP contribution in [0.25, 0.3) is 17.0 Å². The first-order valence-electron chi connectivity index (χ1n) is 13.3. The van der Waals surface area contributed by atoms with Crippen LogP contribution in [0.15, 0.2) is 46.5 Å². The number of carbonyl (C=O) groups is 5. The van der Waals surface area contributed by atoms with Gasteiger partial charge in [-0.15, -0.1) is 0 Å². The molecule has 0 saturated carbocycles. The number of carboxylic acid groups (broad SMARTS) is 4. The molecule has 4 rings (SSSR count). The maximum atomic E-state index is 12.1. The number of furan rings is 1. The maximum Gasteiger partial charge on any atom is 0.323 e. The van der Waals surface area contributed by atoms with E-state index >= 15 is 0 Å². The van der Waals surface area contributed by atoms with Crippen LogP contribution in [0.4, 0.5) is 11.4 Å². The smallest absolute Gasteiger partial charge is 0.323 e. The van der Waals surface area contributed by atoms with E-state index in [1.807, 2.05) is 0 Å². The van der Waals surface area contributed by atoms with Crippen LogP contribution in [0.2, 0.25) is 0 Å². The molecule has 1 fully saturated rings. The standard InChI is InChI=1S/C29H27N3O12S2/c1-15-2-3-19(31(11-24(33)34)12-25(35)36)22(6-15)42-4-5-43-23-8-16-7-17(9-18-28(41)46-29(45)30-18)44-21(16)10-20(23)32(13-26(37)38)14-27(39)40/h2-3,6-10H,4-5,11-14H2,1H3,(H,30,45)(H,33,34)(H,35,36)(H,37,38)(H,39,40). The van der Waals surface area contributed by atoms with Gasteiger partial charge in [-0.3, -0.25) is 24.0 Å². The Morgan fingerprint density at radius 1 is 0.848 bits per heavy atom. The number of thiocarbonyl (C=S) groups is 1. The Morgan fingerprint density at radius 3 is 1.91 bits per heavy atom. The lowest BCUT2D eigenvalue weighted by Crippen LogP contribution is -2.35. The number of anilines is 2. The molecule has 0 aliphatic carbocycles. The molecule has 2 heterocycles. The highest BCUT2D eigenvalue weighted by Gasteiger charge is 2.24. The lowest BCUT2D eigenvalue weighted by molar-refractivity contribution is -0.138. The number of fused-ring (bicyclic) bond motifs is 1.